The molecule has 2 aromatic rings. The highest BCUT2D eigenvalue weighted by atomic mass is 16.5. The average Bonchev–Trinajstić information content (AvgIpc) is 3.16. The molecule has 0 bridgehead atoms. The quantitative estimate of drug-likeness (QED) is 0.713. The number of methoxy groups -OCH3 is 1. The maximum Gasteiger partial charge on any atom is 0.246 e. The fraction of sp³-hybridized carbons (Fsp3) is 0.263. The molecule has 2 heterocycles. The molecule has 134 valence electrons. The molecule has 26 heavy (non-hydrogen) atoms. The Labute approximate surface area is 150 Å². The molecule has 2 amide bonds. The Hall–Kier alpha value is -2.90. The summed E-state index contributed by atoms with van der Waals surface area (Å²) in [5.74, 6) is -0.775. The third kappa shape index (κ3) is 2.71. The second-order valence-electron chi connectivity index (χ2n) is 6.48. The molecule has 3 atom stereocenters. The maximum atomic E-state index is 12.4. The summed E-state index contributed by atoms with van der Waals surface area (Å²) in [5.41, 5.74) is 5.11. The van der Waals surface area contributed by atoms with Crippen LogP contribution >= 0.6 is 0 Å². The van der Waals surface area contributed by atoms with Gasteiger partial charge in [-0.05, 0) is 23.3 Å². The van der Waals surface area contributed by atoms with E-state index < -0.39 is 12.0 Å². The van der Waals surface area contributed by atoms with Crippen molar-refractivity contribution in [1.82, 2.24) is 15.8 Å². The van der Waals surface area contributed by atoms with Gasteiger partial charge in [-0.2, -0.15) is 0 Å². The Morgan fingerprint density at radius 1 is 1.12 bits per heavy atom. The summed E-state index contributed by atoms with van der Waals surface area (Å²) in [6.45, 7) is 0.494. The molecule has 2 fully saturated rings. The predicted molar refractivity (Wildman–Crippen MR) is 92.9 cm³/mol. The third-order valence-electron chi connectivity index (χ3n) is 4.92. The highest BCUT2D eigenvalue weighted by molar-refractivity contribution is 6.07. The molecule has 0 aromatic heterocycles. The molecule has 7 heteroatoms. The number of carbonyl (C=O) groups is 2. The van der Waals surface area contributed by atoms with Gasteiger partial charge in [0, 0.05) is 6.54 Å². The lowest BCUT2D eigenvalue weighted by Gasteiger charge is -2.22. The molecule has 2 aliphatic rings. The largest absolute Gasteiger partial charge is 0.504 e. The average molecular weight is 353 g/mol. The van der Waals surface area contributed by atoms with Crippen molar-refractivity contribution < 1.29 is 19.4 Å². The van der Waals surface area contributed by atoms with Crippen molar-refractivity contribution in [2.75, 3.05) is 7.11 Å². The van der Waals surface area contributed by atoms with E-state index in [1.54, 1.807) is 12.1 Å². The first-order valence-electron chi connectivity index (χ1n) is 8.37. The van der Waals surface area contributed by atoms with Gasteiger partial charge in [0.2, 0.25) is 11.8 Å². The zero-order valence-corrected chi connectivity index (χ0v) is 14.2. The van der Waals surface area contributed by atoms with E-state index in [1.807, 2.05) is 35.3 Å². The van der Waals surface area contributed by atoms with E-state index in [1.165, 1.54) is 13.2 Å². The van der Waals surface area contributed by atoms with Crippen LogP contribution in [0.15, 0.2) is 48.5 Å². The topological polar surface area (TPSA) is 90.9 Å². The number of phenols is 1. The number of ether oxygens (including phenoxy) is 1. The van der Waals surface area contributed by atoms with E-state index in [9.17, 15) is 14.7 Å². The Balaban J connectivity index is 1.67. The second kappa shape index (κ2) is 6.44. The van der Waals surface area contributed by atoms with Gasteiger partial charge in [-0.25, -0.2) is 10.4 Å². The van der Waals surface area contributed by atoms with Gasteiger partial charge in [0.15, 0.2) is 11.5 Å². The van der Waals surface area contributed by atoms with Gasteiger partial charge in [0.25, 0.3) is 0 Å². The summed E-state index contributed by atoms with van der Waals surface area (Å²) >= 11 is 0. The number of nitrogens with one attached hydrogen (secondary N) is 2. The molecule has 0 spiro atoms. The van der Waals surface area contributed by atoms with Gasteiger partial charge in [-0.15, -0.1) is 0 Å². The van der Waals surface area contributed by atoms with E-state index in [-0.39, 0.29) is 23.6 Å². The minimum absolute atomic E-state index is 0.0267. The van der Waals surface area contributed by atoms with Crippen LogP contribution in [0.3, 0.4) is 0 Å². The Morgan fingerprint density at radius 2 is 1.88 bits per heavy atom. The molecule has 2 saturated heterocycles. The van der Waals surface area contributed by atoms with Crippen LogP contribution in [-0.4, -0.2) is 35.1 Å². The molecule has 0 radical (unpaired) electrons. The van der Waals surface area contributed by atoms with Gasteiger partial charge < -0.3 is 9.84 Å². The van der Waals surface area contributed by atoms with Crippen molar-refractivity contribution in [3.63, 3.8) is 0 Å². The highest BCUT2D eigenvalue weighted by Gasteiger charge is 2.54. The molecule has 0 aliphatic carbocycles. The van der Waals surface area contributed by atoms with Crippen LogP contribution in [0, 0.1) is 5.92 Å². The van der Waals surface area contributed by atoms with Crippen LogP contribution in [0.4, 0.5) is 0 Å². The number of rotatable bonds is 4. The number of hydrogen-bond donors (Lipinski definition) is 3. The molecule has 2 aliphatic heterocycles. The van der Waals surface area contributed by atoms with Gasteiger partial charge in [0.05, 0.1) is 19.1 Å². The summed E-state index contributed by atoms with van der Waals surface area (Å²) in [7, 11) is 1.47. The number of benzene rings is 2. The lowest BCUT2D eigenvalue weighted by molar-refractivity contribution is -0.127. The predicted octanol–water partition coefficient (Wildman–Crippen LogP) is 1.10. The summed E-state index contributed by atoms with van der Waals surface area (Å²) in [5, 5.41) is 14.1. The number of phenolic OH excluding ortho intramolecular Hbond substituents is 1. The number of imide groups is 1. The number of fused-ring (bicyclic) bond motifs is 1. The zero-order valence-electron chi connectivity index (χ0n) is 14.2. The Morgan fingerprint density at radius 3 is 2.62 bits per heavy atom. The Bertz CT molecular complexity index is 855. The van der Waals surface area contributed by atoms with Crippen LogP contribution in [0.1, 0.15) is 17.2 Å². The monoisotopic (exact) mass is 353 g/mol. The number of carbonyl (C=O) groups excluding carboxylic acids is 2. The number of amides is 2. The second-order valence-corrected chi connectivity index (χ2v) is 6.48. The van der Waals surface area contributed by atoms with Crippen molar-refractivity contribution in [1.29, 1.82) is 0 Å². The van der Waals surface area contributed by atoms with Crippen LogP contribution in [0.25, 0.3) is 0 Å². The summed E-state index contributed by atoms with van der Waals surface area (Å²) in [6.07, 6.45) is 0. The summed E-state index contributed by atoms with van der Waals surface area (Å²) in [4.78, 5) is 24.7. The fourth-order valence-corrected chi connectivity index (χ4v) is 3.69. The lowest BCUT2D eigenvalue weighted by atomic mass is 9.90. The molecule has 7 nitrogen and oxygen atoms in total. The maximum absolute atomic E-state index is 12.4. The standard InChI is InChI=1S/C19H19N3O4/c1-26-14-9-12(7-8-13(14)23)16-15-17(19(25)20-18(15)24)22(21-16)10-11-5-3-2-4-6-11/h2-9,15-17,21,23H,10H2,1H3,(H,20,24,25)/t15-,16-,17+/m0/s1. The van der Waals surface area contributed by atoms with E-state index in [2.05, 4.69) is 10.7 Å². The van der Waals surface area contributed by atoms with Gasteiger partial charge in [0.1, 0.15) is 6.04 Å². The van der Waals surface area contributed by atoms with Gasteiger partial charge in [-0.3, -0.25) is 14.9 Å². The van der Waals surface area contributed by atoms with Crippen molar-refractivity contribution in [2.24, 2.45) is 5.92 Å². The molecular formula is C19H19N3O4. The first-order valence-corrected chi connectivity index (χ1v) is 8.37. The van der Waals surface area contributed by atoms with Gasteiger partial charge in [-0.1, -0.05) is 36.4 Å². The molecular weight excluding hydrogens is 334 g/mol. The summed E-state index contributed by atoms with van der Waals surface area (Å²) < 4.78 is 5.17. The van der Waals surface area contributed by atoms with E-state index >= 15 is 0 Å². The molecule has 0 unspecified atom stereocenters. The summed E-state index contributed by atoms with van der Waals surface area (Å²) in [6, 6.07) is 13.7. The van der Waals surface area contributed by atoms with Gasteiger partial charge >= 0.3 is 0 Å². The van der Waals surface area contributed by atoms with E-state index in [0.717, 1.165) is 11.1 Å². The fourth-order valence-electron chi connectivity index (χ4n) is 3.69. The number of hydrogen-bond acceptors (Lipinski definition) is 6. The van der Waals surface area contributed by atoms with Crippen molar-refractivity contribution in [2.45, 2.75) is 18.6 Å². The Kier molecular flexibility index (Phi) is 4.10. The van der Waals surface area contributed by atoms with Crippen LogP contribution in [0.5, 0.6) is 11.5 Å². The molecule has 3 N–H and O–H groups in total. The van der Waals surface area contributed by atoms with Crippen LogP contribution < -0.4 is 15.5 Å². The number of hydrazine groups is 1. The first-order chi connectivity index (χ1) is 12.6. The van der Waals surface area contributed by atoms with E-state index in [0.29, 0.717) is 12.3 Å². The van der Waals surface area contributed by atoms with Crippen molar-refractivity contribution in [3.8, 4) is 11.5 Å². The number of nitrogens with zero attached hydrogens (tertiary/aromatic N) is 1. The number of aromatic hydroxyl groups is 1. The SMILES string of the molecule is COc1cc([C@@H]2NN(Cc3ccccc3)[C@H]3C(=O)NC(=O)[C@@H]23)ccc1O. The normalized spacial score (nSPS) is 25.2. The first kappa shape index (κ1) is 16.6. The molecule has 0 saturated carbocycles. The molecule has 2 aromatic carbocycles. The zero-order chi connectivity index (χ0) is 18.3. The van der Waals surface area contributed by atoms with E-state index in [4.69, 9.17) is 4.74 Å². The molecule has 4 rings (SSSR count). The minimum Gasteiger partial charge on any atom is -0.504 e. The van der Waals surface area contributed by atoms with Crippen LogP contribution in [0.2, 0.25) is 0 Å². The third-order valence-corrected chi connectivity index (χ3v) is 4.92. The lowest BCUT2D eigenvalue weighted by Crippen LogP contribution is -2.43. The van der Waals surface area contributed by atoms with Crippen molar-refractivity contribution in [3.05, 3.63) is 59.7 Å². The minimum atomic E-state index is -0.576. The van der Waals surface area contributed by atoms with Crippen LogP contribution in [-0.2, 0) is 16.1 Å². The highest BCUT2D eigenvalue weighted by Crippen LogP contribution is 2.39. The van der Waals surface area contributed by atoms with Crippen molar-refractivity contribution >= 4 is 11.8 Å². The smallest absolute Gasteiger partial charge is 0.246 e.